The molecule has 1 fully saturated rings. The normalized spacial score (nSPS) is 22.8. The van der Waals surface area contributed by atoms with Gasteiger partial charge in [0, 0.05) is 24.3 Å². The number of rotatable bonds is 6. The van der Waals surface area contributed by atoms with E-state index in [0.717, 1.165) is 31.0 Å². The van der Waals surface area contributed by atoms with Crippen molar-refractivity contribution in [2.75, 3.05) is 6.54 Å². The van der Waals surface area contributed by atoms with Crippen LogP contribution >= 0.6 is 0 Å². The molecule has 1 heterocycles. The summed E-state index contributed by atoms with van der Waals surface area (Å²) in [4.78, 5) is 12.0. The number of hydrogen-bond donors (Lipinski definition) is 1. The van der Waals surface area contributed by atoms with Crippen LogP contribution in [0.5, 0.6) is 0 Å². The molecular weight excluding hydrogens is 236 g/mol. The molecule has 1 aliphatic carbocycles. The molecule has 1 aliphatic rings. The molecule has 0 bridgehead atoms. The quantitative estimate of drug-likeness (QED) is 0.855. The zero-order chi connectivity index (χ0) is 13.7. The molecule has 1 aromatic rings. The third-order valence-electron chi connectivity index (χ3n) is 4.27. The molecule has 0 spiro atoms. The van der Waals surface area contributed by atoms with Crippen molar-refractivity contribution in [1.82, 2.24) is 9.88 Å². The Morgan fingerprint density at radius 3 is 3.05 bits per heavy atom. The Hall–Kier alpha value is -1.09. The number of hydrogen-bond acceptors (Lipinski definition) is 2. The molecule has 3 heteroatoms. The largest absolute Gasteiger partial charge is 0.315 e. The third kappa shape index (κ3) is 3.69. The summed E-state index contributed by atoms with van der Waals surface area (Å²) in [6.07, 6.45) is 8.16. The van der Waals surface area contributed by atoms with Gasteiger partial charge in [-0.05, 0) is 51.1 Å². The van der Waals surface area contributed by atoms with Gasteiger partial charge in [-0.15, -0.1) is 0 Å². The van der Waals surface area contributed by atoms with Gasteiger partial charge in [-0.3, -0.25) is 4.79 Å². The average molecular weight is 262 g/mol. The molecule has 2 atom stereocenters. The second kappa shape index (κ2) is 6.90. The van der Waals surface area contributed by atoms with E-state index in [-0.39, 0.29) is 5.56 Å². The lowest BCUT2D eigenvalue weighted by atomic mass is 9.99. The summed E-state index contributed by atoms with van der Waals surface area (Å²) >= 11 is 0. The van der Waals surface area contributed by atoms with E-state index in [1.54, 1.807) is 0 Å². The number of aromatic nitrogens is 1. The average Bonchev–Trinajstić information content (AvgIpc) is 2.85. The van der Waals surface area contributed by atoms with Crippen LogP contribution in [0.2, 0.25) is 0 Å². The fourth-order valence-corrected chi connectivity index (χ4v) is 3.12. The molecule has 0 saturated heterocycles. The Kier molecular flexibility index (Phi) is 5.20. The minimum Gasteiger partial charge on any atom is -0.315 e. The predicted molar refractivity (Wildman–Crippen MR) is 79.5 cm³/mol. The summed E-state index contributed by atoms with van der Waals surface area (Å²) in [6, 6.07) is 4.53. The minimum absolute atomic E-state index is 0.165. The van der Waals surface area contributed by atoms with Crippen LogP contribution in [0.3, 0.4) is 0 Å². The lowest BCUT2D eigenvalue weighted by Crippen LogP contribution is -2.34. The van der Waals surface area contributed by atoms with Crippen molar-refractivity contribution >= 4 is 0 Å². The van der Waals surface area contributed by atoms with Crippen LogP contribution < -0.4 is 10.9 Å². The minimum atomic E-state index is 0.165. The lowest BCUT2D eigenvalue weighted by Gasteiger charge is -2.21. The van der Waals surface area contributed by atoms with Crippen LogP contribution in [-0.4, -0.2) is 17.2 Å². The van der Waals surface area contributed by atoms with Crippen molar-refractivity contribution in [1.29, 1.82) is 0 Å². The zero-order valence-corrected chi connectivity index (χ0v) is 12.2. The number of aryl methyl sites for hydroxylation is 2. The maximum Gasteiger partial charge on any atom is 0.253 e. The second-order valence-electron chi connectivity index (χ2n) is 5.73. The highest BCUT2D eigenvalue weighted by atomic mass is 16.1. The molecule has 2 rings (SSSR count). The molecule has 0 amide bonds. The summed E-state index contributed by atoms with van der Waals surface area (Å²) in [7, 11) is 0. The monoisotopic (exact) mass is 262 g/mol. The molecule has 0 radical (unpaired) electrons. The van der Waals surface area contributed by atoms with Crippen LogP contribution in [0, 0.1) is 12.8 Å². The summed E-state index contributed by atoms with van der Waals surface area (Å²) in [5.41, 5.74) is 1.01. The molecule has 2 unspecified atom stereocenters. The highest BCUT2D eigenvalue weighted by Gasteiger charge is 2.26. The summed E-state index contributed by atoms with van der Waals surface area (Å²) in [5, 5.41) is 3.66. The van der Waals surface area contributed by atoms with Crippen molar-refractivity contribution in [3.8, 4) is 0 Å². The summed E-state index contributed by atoms with van der Waals surface area (Å²) < 4.78 is 1.87. The first-order chi connectivity index (χ1) is 9.22. The van der Waals surface area contributed by atoms with Gasteiger partial charge in [0.05, 0.1) is 0 Å². The molecule has 19 heavy (non-hydrogen) atoms. The third-order valence-corrected chi connectivity index (χ3v) is 4.27. The van der Waals surface area contributed by atoms with Crippen LogP contribution in [0.25, 0.3) is 0 Å². The molecular formula is C16H26N2O. The molecule has 1 N–H and O–H groups in total. The zero-order valence-electron chi connectivity index (χ0n) is 12.2. The second-order valence-corrected chi connectivity index (χ2v) is 5.73. The molecule has 106 valence electrons. The molecule has 0 aliphatic heterocycles. The van der Waals surface area contributed by atoms with Crippen molar-refractivity contribution in [3.63, 3.8) is 0 Å². The van der Waals surface area contributed by atoms with Crippen molar-refractivity contribution in [2.45, 2.75) is 58.5 Å². The first-order valence-electron chi connectivity index (χ1n) is 7.61. The maximum atomic E-state index is 12.0. The smallest absolute Gasteiger partial charge is 0.253 e. The van der Waals surface area contributed by atoms with Gasteiger partial charge in [-0.25, -0.2) is 0 Å². The summed E-state index contributed by atoms with van der Waals surface area (Å²) in [5.74, 6) is 0.735. The van der Waals surface area contributed by atoms with Gasteiger partial charge in [0.15, 0.2) is 0 Å². The van der Waals surface area contributed by atoms with E-state index in [0.29, 0.717) is 6.04 Å². The van der Waals surface area contributed by atoms with Crippen LogP contribution in [0.1, 0.15) is 44.6 Å². The SMILES string of the molecule is CCCNC1CCCC1CCn1cccc(C)c1=O. The van der Waals surface area contributed by atoms with Crippen LogP contribution in [0.4, 0.5) is 0 Å². The van der Waals surface area contributed by atoms with Gasteiger partial charge in [0.1, 0.15) is 0 Å². The Morgan fingerprint density at radius 2 is 2.26 bits per heavy atom. The van der Waals surface area contributed by atoms with Gasteiger partial charge >= 0.3 is 0 Å². The number of nitrogens with zero attached hydrogens (tertiary/aromatic N) is 1. The van der Waals surface area contributed by atoms with E-state index < -0.39 is 0 Å². The first kappa shape index (κ1) is 14.3. The fraction of sp³-hybridized carbons (Fsp3) is 0.688. The van der Waals surface area contributed by atoms with E-state index in [1.165, 1.54) is 25.7 Å². The van der Waals surface area contributed by atoms with Gasteiger partial charge in [0.2, 0.25) is 0 Å². The fourth-order valence-electron chi connectivity index (χ4n) is 3.12. The topological polar surface area (TPSA) is 34.0 Å². The standard InChI is InChI=1S/C16H26N2O/c1-3-10-17-15-8-4-7-14(15)9-12-18-11-5-6-13(2)16(18)19/h5-6,11,14-15,17H,3-4,7-10,12H2,1-2H3. The number of pyridine rings is 1. The van der Waals surface area contributed by atoms with E-state index >= 15 is 0 Å². The van der Waals surface area contributed by atoms with Crippen molar-refractivity contribution in [2.24, 2.45) is 5.92 Å². The van der Waals surface area contributed by atoms with Gasteiger partial charge in [-0.1, -0.05) is 19.4 Å². The van der Waals surface area contributed by atoms with Crippen molar-refractivity contribution in [3.05, 3.63) is 34.2 Å². The van der Waals surface area contributed by atoms with E-state index in [2.05, 4.69) is 12.2 Å². The Labute approximate surface area is 116 Å². The van der Waals surface area contributed by atoms with E-state index in [9.17, 15) is 4.79 Å². The molecule has 1 aromatic heterocycles. The Balaban J connectivity index is 1.91. The van der Waals surface area contributed by atoms with Gasteiger partial charge in [0.25, 0.3) is 5.56 Å². The van der Waals surface area contributed by atoms with Crippen molar-refractivity contribution < 1.29 is 0 Å². The molecule has 3 nitrogen and oxygen atoms in total. The number of nitrogens with one attached hydrogen (secondary N) is 1. The predicted octanol–water partition coefficient (Wildman–Crippen LogP) is 2.72. The molecule has 1 saturated carbocycles. The maximum absolute atomic E-state index is 12.0. The highest BCUT2D eigenvalue weighted by molar-refractivity contribution is 5.07. The van der Waals surface area contributed by atoms with Gasteiger partial charge < -0.3 is 9.88 Å². The van der Waals surface area contributed by atoms with Gasteiger partial charge in [-0.2, -0.15) is 0 Å². The Morgan fingerprint density at radius 1 is 1.42 bits per heavy atom. The summed E-state index contributed by atoms with van der Waals surface area (Å²) in [6.45, 7) is 6.07. The van der Waals surface area contributed by atoms with E-state index in [4.69, 9.17) is 0 Å². The first-order valence-corrected chi connectivity index (χ1v) is 7.61. The van der Waals surface area contributed by atoms with Crippen LogP contribution in [0.15, 0.2) is 23.1 Å². The molecule has 0 aromatic carbocycles. The van der Waals surface area contributed by atoms with E-state index in [1.807, 2.05) is 29.8 Å². The van der Waals surface area contributed by atoms with Crippen LogP contribution in [-0.2, 0) is 6.54 Å². The lowest BCUT2D eigenvalue weighted by molar-refractivity contribution is 0.359. The highest BCUT2D eigenvalue weighted by Crippen LogP contribution is 2.28. The Bertz CT molecular complexity index is 452.